The van der Waals surface area contributed by atoms with Crippen molar-refractivity contribution in [2.45, 2.75) is 23.6 Å². The van der Waals surface area contributed by atoms with E-state index in [2.05, 4.69) is 61.7 Å². The van der Waals surface area contributed by atoms with Gasteiger partial charge in [0.1, 0.15) is 6.26 Å². The van der Waals surface area contributed by atoms with Crippen molar-refractivity contribution >= 4 is 44.7 Å². The normalized spacial score (nSPS) is 12.4. The molecule has 33 heavy (non-hydrogen) atoms. The van der Waals surface area contributed by atoms with E-state index in [0.717, 1.165) is 49.2 Å². The van der Waals surface area contributed by atoms with Gasteiger partial charge in [-0.3, -0.25) is 0 Å². The van der Waals surface area contributed by atoms with Gasteiger partial charge < -0.3 is 4.55 Å². The van der Waals surface area contributed by atoms with Crippen LogP contribution in [-0.4, -0.2) is 27.0 Å². The van der Waals surface area contributed by atoms with E-state index in [1.807, 2.05) is 31.2 Å². The molecule has 5 rings (SSSR count). The van der Waals surface area contributed by atoms with Gasteiger partial charge in [0.2, 0.25) is 0 Å². The monoisotopic (exact) mass is 468 g/mol. The molecule has 1 unspecified atom stereocenters. The fraction of sp³-hybridized carbons (Fsp3) is 0.143. The van der Waals surface area contributed by atoms with Crippen molar-refractivity contribution in [2.24, 2.45) is 0 Å². The van der Waals surface area contributed by atoms with Gasteiger partial charge in [-0.15, -0.1) is 11.8 Å². The topological polar surface area (TPSA) is 48.8 Å². The smallest absolute Gasteiger partial charge is 0.182 e. The van der Waals surface area contributed by atoms with Crippen LogP contribution in [0.25, 0.3) is 44.1 Å². The van der Waals surface area contributed by atoms with Crippen LogP contribution in [0.4, 0.5) is 0 Å². The summed E-state index contributed by atoms with van der Waals surface area (Å²) < 4.78 is 12.8. The van der Waals surface area contributed by atoms with Crippen LogP contribution in [0.15, 0.2) is 82.6 Å². The van der Waals surface area contributed by atoms with Crippen molar-refractivity contribution in [3.05, 3.63) is 84.2 Å². The van der Waals surface area contributed by atoms with Gasteiger partial charge in [-0.25, -0.2) is 9.97 Å². The highest BCUT2D eigenvalue weighted by Gasteiger charge is 2.24. The average molecular weight is 469 g/mol. The number of aromatic nitrogens is 2. The first-order valence-corrected chi connectivity index (χ1v) is 13.6. The highest BCUT2D eigenvalue weighted by atomic mass is 32.2. The van der Waals surface area contributed by atoms with Crippen LogP contribution < -0.4 is 0 Å². The maximum atomic E-state index is 12.8. The van der Waals surface area contributed by atoms with Crippen molar-refractivity contribution in [2.75, 3.05) is 12.5 Å². The van der Waals surface area contributed by atoms with E-state index in [-0.39, 0.29) is 0 Å². The molecule has 0 aliphatic carbocycles. The number of pyridine rings is 2. The number of thioether (sulfide) groups is 1. The van der Waals surface area contributed by atoms with Crippen molar-refractivity contribution in [1.82, 2.24) is 9.97 Å². The Kier molecular flexibility index (Phi) is 5.87. The number of benzene rings is 3. The molecule has 0 saturated heterocycles. The molecule has 0 aliphatic rings. The SMILES string of the molecule is CSc1c(C)nc2c(ccc3c(-c4ccccc4)c([S+](C)[O-])c(C)nc32)c1-c1ccccc1. The fourth-order valence-electron chi connectivity index (χ4n) is 4.64. The summed E-state index contributed by atoms with van der Waals surface area (Å²) in [6, 6.07) is 24.9. The molecule has 5 heteroatoms. The van der Waals surface area contributed by atoms with E-state index >= 15 is 0 Å². The summed E-state index contributed by atoms with van der Waals surface area (Å²) in [5.41, 5.74) is 7.89. The number of aryl methyl sites for hydroxylation is 2. The van der Waals surface area contributed by atoms with Crippen molar-refractivity contribution < 1.29 is 4.55 Å². The summed E-state index contributed by atoms with van der Waals surface area (Å²) in [4.78, 5) is 12.0. The zero-order valence-corrected chi connectivity index (χ0v) is 20.7. The quantitative estimate of drug-likeness (QED) is 0.159. The zero-order valence-electron chi connectivity index (χ0n) is 19.0. The van der Waals surface area contributed by atoms with Crippen molar-refractivity contribution in [3.8, 4) is 22.3 Å². The van der Waals surface area contributed by atoms with E-state index < -0.39 is 11.2 Å². The molecule has 0 fully saturated rings. The molecular formula is C28H24N2OS2. The van der Waals surface area contributed by atoms with Gasteiger partial charge in [0.05, 0.1) is 22.4 Å². The Hall–Kier alpha value is -2.86. The molecule has 3 aromatic carbocycles. The Labute approximate surface area is 201 Å². The zero-order chi connectivity index (χ0) is 23.1. The Bertz CT molecular complexity index is 1480. The number of rotatable bonds is 4. The second kappa shape index (κ2) is 8.82. The molecule has 0 radical (unpaired) electrons. The Morgan fingerprint density at radius 2 is 1.18 bits per heavy atom. The maximum Gasteiger partial charge on any atom is 0.182 e. The van der Waals surface area contributed by atoms with E-state index in [0.29, 0.717) is 0 Å². The highest BCUT2D eigenvalue weighted by Crippen LogP contribution is 2.42. The predicted molar refractivity (Wildman–Crippen MR) is 142 cm³/mol. The molecule has 0 bridgehead atoms. The molecule has 0 amide bonds. The summed E-state index contributed by atoms with van der Waals surface area (Å²) in [5.74, 6) is 0. The third kappa shape index (κ3) is 3.70. The van der Waals surface area contributed by atoms with E-state index in [1.165, 1.54) is 16.0 Å². The molecule has 0 N–H and O–H groups in total. The molecule has 2 aromatic heterocycles. The minimum absolute atomic E-state index is 0.782. The van der Waals surface area contributed by atoms with E-state index in [4.69, 9.17) is 9.97 Å². The van der Waals surface area contributed by atoms with E-state index in [9.17, 15) is 4.55 Å². The summed E-state index contributed by atoms with van der Waals surface area (Å²) in [6.07, 6.45) is 3.83. The standard InChI is InChI=1S/C28H24N2OS2/c1-17-27(32-3)23(19-11-7-5-8-12-19)21-15-16-22-24(20-13-9-6-10-14-20)28(33(4)31)18(2)30-26(22)25(21)29-17/h5-16H,1-4H3. The minimum Gasteiger partial charge on any atom is -0.612 e. The average Bonchev–Trinajstić information content (AvgIpc) is 2.83. The van der Waals surface area contributed by atoms with Gasteiger partial charge in [0.15, 0.2) is 4.90 Å². The highest BCUT2D eigenvalue weighted by molar-refractivity contribution is 7.98. The van der Waals surface area contributed by atoms with Crippen LogP contribution in [0.5, 0.6) is 0 Å². The number of nitrogens with zero attached hydrogens (tertiary/aromatic N) is 2. The largest absolute Gasteiger partial charge is 0.612 e. The molecule has 0 saturated carbocycles. The van der Waals surface area contributed by atoms with Gasteiger partial charge in [0, 0.05) is 26.8 Å². The van der Waals surface area contributed by atoms with Crippen molar-refractivity contribution in [1.29, 1.82) is 0 Å². The predicted octanol–water partition coefficient (Wildman–Crippen LogP) is 7.19. The van der Waals surface area contributed by atoms with Crippen LogP contribution >= 0.6 is 11.8 Å². The first-order valence-electron chi connectivity index (χ1n) is 10.8. The molecule has 5 aromatic rings. The second-order valence-electron chi connectivity index (χ2n) is 8.05. The number of fused-ring (bicyclic) bond motifs is 3. The maximum absolute atomic E-state index is 12.8. The molecule has 2 heterocycles. The Morgan fingerprint density at radius 3 is 1.70 bits per heavy atom. The lowest BCUT2D eigenvalue weighted by molar-refractivity contribution is 0.600. The Morgan fingerprint density at radius 1 is 0.697 bits per heavy atom. The van der Waals surface area contributed by atoms with Crippen molar-refractivity contribution in [3.63, 3.8) is 0 Å². The van der Waals surface area contributed by atoms with Crippen LogP contribution in [0.2, 0.25) is 0 Å². The first-order chi connectivity index (χ1) is 16.0. The molecule has 0 aliphatic heterocycles. The molecule has 3 nitrogen and oxygen atoms in total. The lowest BCUT2D eigenvalue weighted by atomic mass is 9.95. The molecular weight excluding hydrogens is 444 g/mol. The summed E-state index contributed by atoms with van der Waals surface area (Å²) in [5, 5.41) is 2.06. The van der Waals surface area contributed by atoms with Gasteiger partial charge in [-0.2, -0.15) is 0 Å². The lowest BCUT2D eigenvalue weighted by Gasteiger charge is -2.19. The van der Waals surface area contributed by atoms with Crippen LogP contribution in [0.1, 0.15) is 11.4 Å². The van der Waals surface area contributed by atoms with Crippen LogP contribution in [0.3, 0.4) is 0 Å². The van der Waals surface area contributed by atoms with Crippen LogP contribution in [-0.2, 0) is 11.2 Å². The molecule has 1 atom stereocenters. The first kappa shape index (κ1) is 22.0. The second-order valence-corrected chi connectivity index (χ2v) is 10.2. The van der Waals surface area contributed by atoms with Crippen LogP contribution in [0, 0.1) is 13.8 Å². The number of hydrogen-bond acceptors (Lipinski definition) is 4. The molecule has 164 valence electrons. The third-order valence-electron chi connectivity index (χ3n) is 5.98. The Balaban J connectivity index is 1.96. The molecule has 0 spiro atoms. The number of hydrogen-bond donors (Lipinski definition) is 0. The van der Waals surface area contributed by atoms with E-state index in [1.54, 1.807) is 18.0 Å². The van der Waals surface area contributed by atoms with Gasteiger partial charge >= 0.3 is 0 Å². The summed E-state index contributed by atoms with van der Waals surface area (Å²) in [6.45, 7) is 4.01. The lowest BCUT2D eigenvalue weighted by Crippen LogP contribution is -2.06. The van der Waals surface area contributed by atoms with Gasteiger partial charge in [-0.05, 0) is 42.4 Å². The third-order valence-corrected chi connectivity index (χ3v) is 7.96. The van der Waals surface area contributed by atoms with Gasteiger partial charge in [-0.1, -0.05) is 72.8 Å². The minimum atomic E-state index is -1.17. The fourth-order valence-corrected chi connectivity index (χ4v) is 6.39. The van der Waals surface area contributed by atoms with Gasteiger partial charge in [0.25, 0.3) is 0 Å². The summed E-state index contributed by atoms with van der Waals surface area (Å²) >= 11 is 0.551. The summed E-state index contributed by atoms with van der Waals surface area (Å²) in [7, 11) is 0.